The van der Waals surface area contributed by atoms with Crippen LogP contribution in [0.4, 0.5) is 5.13 Å². The minimum Gasteiger partial charge on any atom is -0.296 e. The lowest BCUT2D eigenvalue weighted by atomic mass is 10.1. The first-order valence-corrected chi connectivity index (χ1v) is 12.0. The number of hydrogen-bond acceptors (Lipinski definition) is 8. The maximum atomic E-state index is 12.6. The summed E-state index contributed by atoms with van der Waals surface area (Å²) in [7, 11) is 0. The zero-order chi connectivity index (χ0) is 21.1. The van der Waals surface area contributed by atoms with Gasteiger partial charge in [0.05, 0.1) is 11.1 Å². The highest BCUT2D eigenvalue weighted by molar-refractivity contribution is 8.00. The van der Waals surface area contributed by atoms with Crippen LogP contribution in [0.2, 0.25) is 0 Å². The summed E-state index contributed by atoms with van der Waals surface area (Å²) in [6.07, 6.45) is 1.64. The van der Waals surface area contributed by atoms with E-state index in [1.165, 1.54) is 27.2 Å². The smallest absolute Gasteiger partial charge is 0.261 e. The van der Waals surface area contributed by atoms with Gasteiger partial charge in [-0.05, 0) is 36.1 Å². The number of imide groups is 1. The van der Waals surface area contributed by atoms with E-state index in [0.717, 1.165) is 22.9 Å². The Hall–Kier alpha value is -2.56. The number of carbonyl (C=O) groups is 3. The number of aromatic nitrogens is 2. The third-order valence-electron chi connectivity index (χ3n) is 4.51. The summed E-state index contributed by atoms with van der Waals surface area (Å²) in [5.74, 6) is -0.236. The molecule has 1 aliphatic heterocycles. The molecule has 7 nitrogen and oxygen atoms in total. The van der Waals surface area contributed by atoms with Crippen LogP contribution in [0.3, 0.4) is 0 Å². The minimum absolute atomic E-state index is 0.271. The van der Waals surface area contributed by atoms with Gasteiger partial charge >= 0.3 is 0 Å². The molecule has 4 rings (SSSR count). The molecule has 1 aromatic carbocycles. The van der Waals surface area contributed by atoms with E-state index in [9.17, 15) is 14.4 Å². The van der Waals surface area contributed by atoms with Crippen LogP contribution < -0.4 is 5.32 Å². The maximum Gasteiger partial charge on any atom is 0.261 e. The van der Waals surface area contributed by atoms with Crippen molar-refractivity contribution in [2.45, 2.75) is 29.9 Å². The first-order chi connectivity index (χ1) is 14.6. The number of thioether (sulfide) groups is 1. The van der Waals surface area contributed by atoms with Crippen LogP contribution in [-0.2, 0) is 5.75 Å². The third kappa shape index (κ3) is 4.30. The van der Waals surface area contributed by atoms with Crippen LogP contribution in [-0.4, -0.2) is 39.4 Å². The van der Waals surface area contributed by atoms with Crippen molar-refractivity contribution in [3.8, 4) is 0 Å². The van der Waals surface area contributed by atoms with Crippen molar-refractivity contribution in [1.82, 2.24) is 15.1 Å². The molecule has 0 aliphatic carbocycles. The summed E-state index contributed by atoms with van der Waals surface area (Å²) in [5, 5.41) is 13.3. The number of carbonyl (C=O) groups excluding carboxylic acids is 3. The maximum absolute atomic E-state index is 12.6. The third-order valence-corrected chi connectivity index (χ3v) is 7.59. The summed E-state index contributed by atoms with van der Waals surface area (Å²) in [6.45, 7) is 2.39. The fraction of sp³-hybridized carbons (Fsp3) is 0.250. The van der Waals surface area contributed by atoms with E-state index < -0.39 is 5.91 Å². The topological polar surface area (TPSA) is 92.3 Å². The molecule has 154 valence electrons. The van der Waals surface area contributed by atoms with Crippen molar-refractivity contribution < 1.29 is 14.4 Å². The summed E-state index contributed by atoms with van der Waals surface area (Å²) in [6, 6.07) is 8.63. The molecule has 2 aromatic heterocycles. The number of thiophene rings is 1. The molecular formula is C20H18N4O3S3. The lowest BCUT2D eigenvalue weighted by Gasteiger charge is -2.12. The zero-order valence-electron chi connectivity index (χ0n) is 16.1. The van der Waals surface area contributed by atoms with Crippen LogP contribution in [0.25, 0.3) is 0 Å². The average Bonchev–Trinajstić information content (AvgIpc) is 3.47. The molecular weight excluding hydrogens is 440 g/mol. The Morgan fingerprint density at radius 1 is 1.17 bits per heavy atom. The SMILES string of the molecule is CCCCN1C(=O)c2ccc(C(=O)Nc3nnc(SCc4cccs4)s3)cc2C1=O. The molecule has 0 fully saturated rings. The summed E-state index contributed by atoms with van der Waals surface area (Å²) in [5.41, 5.74) is 0.916. The van der Waals surface area contributed by atoms with Gasteiger partial charge in [0, 0.05) is 22.7 Å². The van der Waals surface area contributed by atoms with E-state index in [0.29, 0.717) is 22.8 Å². The van der Waals surface area contributed by atoms with Crippen molar-refractivity contribution >= 4 is 57.3 Å². The number of nitrogens with zero attached hydrogens (tertiary/aromatic N) is 3. The largest absolute Gasteiger partial charge is 0.296 e. The van der Waals surface area contributed by atoms with Gasteiger partial charge in [0.2, 0.25) is 5.13 Å². The molecule has 3 aromatic rings. The molecule has 0 unspecified atom stereocenters. The van der Waals surface area contributed by atoms with Gasteiger partial charge in [-0.1, -0.05) is 42.5 Å². The van der Waals surface area contributed by atoms with Crippen molar-refractivity contribution in [2.24, 2.45) is 0 Å². The Labute approximate surface area is 185 Å². The van der Waals surface area contributed by atoms with Crippen molar-refractivity contribution in [1.29, 1.82) is 0 Å². The van der Waals surface area contributed by atoms with Crippen molar-refractivity contribution in [2.75, 3.05) is 11.9 Å². The van der Waals surface area contributed by atoms with Crippen LogP contribution in [0.5, 0.6) is 0 Å². The second kappa shape index (κ2) is 9.07. The van der Waals surface area contributed by atoms with E-state index in [1.807, 2.05) is 18.4 Å². The van der Waals surface area contributed by atoms with Gasteiger partial charge in [0.25, 0.3) is 17.7 Å². The fourth-order valence-electron chi connectivity index (χ4n) is 2.97. The van der Waals surface area contributed by atoms with E-state index in [1.54, 1.807) is 35.2 Å². The number of fused-ring (bicyclic) bond motifs is 1. The van der Waals surface area contributed by atoms with E-state index >= 15 is 0 Å². The van der Waals surface area contributed by atoms with Crippen LogP contribution in [0, 0.1) is 0 Å². The predicted molar refractivity (Wildman–Crippen MR) is 118 cm³/mol. The summed E-state index contributed by atoms with van der Waals surface area (Å²) in [4.78, 5) is 40.1. The van der Waals surface area contributed by atoms with Crippen LogP contribution >= 0.6 is 34.4 Å². The van der Waals surface area contributed by atoms with Gasteiger partial charge < -0.3 is 0 Å². The van der Waals surface area contributed by atoms with Crippen LogP contribution in [0.15, 0.2) is 40.1 Å². The van der Waals surface area contributed by atoms with Gasteiger partial charge in [-0.2, -0.15) is 0 Å². The monoisotopic (exact) mass is 458 g/mol. The Morgan fingerprint density at radius 2 is 2.00 bits per heavy atom. The predicted octanol–water partition coefficient (Wildman–Crippen LogP) is 4.54. The lowest BCUT2D eigenvalue weighted by molar-refractivity contribution is 0.0652. The summed E-state index contributed by atoms with van der Waals surface area (Å²) >= 11 is 4.54. The van der Waals surface area contributed by atoms with Gasteiger partial charge in [-0.25, -0.2) is 0 Å². The standard InChI is InChI=1S/C20H18N4O3S3/c1-2-3-8-24-17(26)14-7-6-12(10-15(14)18(24)27)16(25)21-19-22-23-20(30-19)29-11-13-5-4-9-28-13/h4-7,9-10H,2-3,8,11H2,1H3,(H,21,22,25). The molecule has 10 heteroatoms. The number of benzene rings is 1. The highest BCUT2D eigenvalue weighted by atomic mass is 32.2. The Bertz CT molecular complexity index is 1090. The summed E-state index contributed by atoms with van der Waals surface area (Å²) < 4.78 is 0.764. The highest BCUT2D eigenvalue weighted by Crippen LogP contribution is 2.30. The lowest BCUT2D eigenvalue weighted by Crippen LogP contribution is -2.30. The minimum atomic E-state index is -0.393. The van der Waals surface area contributed by atoms with Gasteiger partial charge in [0.15, 0.2) is 4.34 Å². The van der Waals surface area contributed by atoms with E-state index in [2.05, 4.69) is 21.6 Å². The molecule has 0 saturated heterocycles. The van der Waals surface area contributed by atoms with Crippen molar-refractivity contribution in [3.63, 3.8) is 0 Å². The van der Waals surface area contributed by atoms with Gasteiger partial charge in [-0.3, -0.25) is 24.6 Å². The second-order valence-electron chi connectivity index (χ2n) is 6.57. The van der Waals surface area contributed by atoms with E-state index in [4.69, 9.17) is 0 Å². The Kier molecular flexibility index (Phi) is 6.26. The second-order valence-corrected chi connectivity index (χ2v) is 9.80. The van der Waals surface area contributed by atoms with Gasteiger partial charge in [0.1, 0.15) is 0 Å². The van der Waals surface area contributed by atoms with E-state index in [-0.39, 0.29) is 17.4 Å². The molecule has 1 N–H and O–H groups in total. The fourth-order valence-corrected chi connectivity index (χ4v) is 5.49. The normalized spacial score (nSPS) is 13.0. The number of nitrogens with one attached hydrogen (secondary N) is 1. The zero-order valence-corrected chi connectivity index (χ0v) is 18.5. The van der Waals surface area contributed by atoms with Crippen molar-refractivity contribution in [3.05, 3.63) is 57.3 Å². The molecule has 0 radical (unpaired) electrons. The Morgan fingerprint density at radius 3 is 2.77 bits per heavy atom. The number of anilines is 1. The number of rotatable bonds is 8. The first kappa shape index (κ1) is 20.7. The number of hydrogen-bond donors (Lipinski definition) is 1. The molecule has 0 saturated carbocycles. The highest BCUT2D eigenvalue weighted by Gasteiger charge is 2.35. The average molecular weight is 459 g/mol. The molecule has 3 heterocycles. The molecule has 0 atom stereocenters. The number of amides is 3. The first-order valence-electron chi connectivity index (χ1n) is 9.37. The number of unbranched alkanes of at least 4 members (excludes halogenated alkanes) is 1. The molecule has 30 heavy (non-hydrogen) atoms. The van der Waals surface area contributed by atoms with Gasteiger partial charge in [-0.15, -0.1) is 21.5 Å². The molecule has 3 amide bonds. The molecule has 0 spiro atoms. The quantitative estimate of drug-likeness (QED) is 0.303. The molecule has 1 aliphatic rings. The Balaban J connectivity index is 1.42. The molecule has 0 bridgehead atoms. The van der Waals surface area contributed by atoms with Crippen LogP contribution in [0.1, 0.15) is 55.7 Å².